The molecule has 3 unspecified atom stereocenters. The van der Waals surface area contributed by atoms with Gasteiger partial charge >= 0.3 is 35.6 Å². The van der Waals surface area contributed by atoms with Crippen LogP contribution in [0.4, 0.5) is 0 Å². The number of allylic oxidation sites excluding steroid dienone is 4. The minimum atomic E-state index is -0.556. The van der Waals surface area contributed by atoms with Gasteiger partial charge in [-0.25, -0.2) is 0 Å². The summed E-state index contributed by atoms with van der Waals surface area (Å²) in [6.07, 6.45) is 15.5. The molecular weight excluding hydrogens is 615 g/mol. The molecule has 234 valence electrons. The van der Waals surface area contributed by atoms with Crippen LogP contribution in [-0.4, -0.2) is 13.1 Å². The molecule has 1 N–H and O–H groups in total. The van der Waals surface area contributed by atoms with Gasteiger partial charge < -0.3 is 18.1 Å². The van der Waals surface area contributed by atoms with Crippen molar-refractivity contribution in [2.75, 3.05) is 13.1 Å². The van der Waals surface area contributed by atoms with Crippen LogP contribution in [0.5, 0.6) is 0 Å². The number of halogens is 2. The molecular formula is C39H48Cl2N2Ti-2. The molecule has 1 saturated carbocycles. The van der Waals surface area contributed by atoms with Gasteiger partial charge in [-0.1, -0.05) is 133 Å². The molecule has 1 fully saturated rings. The summed E-state index contributed by atoms with van der Waals surface area (Å²) in [6, 6.07) is 27.8. The molecule has 5 heteroatoms. The Morgan fingerprint density at radius 2 is 1.59 bits per heavy atom. The topological polar surface area (TPSA) is 26.1 Å². The van der Waals surface area contributed by atoms with Gasteiger partial charge in [-0.15, -0.1) is 13.1 Å². The monoisotopic (exact) mass is 662 g/mol. The third-order valence-electron chi connectivity index (χ3n) is 8.60. The first-order valence-corrected chi connectivity index (χ1v) is 19.9. The quantitative estimate of drug-likeness (QED) is 0.130. The zero-order chi connectivity index (χ0) is 30.3. The maximum absolute atomic E-state index is 4.89. The normalized spacial score (nSPS) is 19.1. The first-order chi connectivity index (χ1) is 21.1. The predicted octanol–water partition coefficient (Wildman–Crippen LogP) is 10.9. The van der Waals surface area contributed by atoms with E-state index in [1.165, 1.54) is 46.2 Å². The second-order valence-corrected chi connectivity index (χ2v) is 14.5. The van der Waals surface area contributed by atoms with Crippen LogP contribution < -0.4 is 5.32 Å². The Morgan fingerprint density at radius 1 is 0.886 bits per heavy atom. The Kier molecular flexibility index (Phi) is 16.8. The summed E-state index contributed by atoms with van der Waals surface area (Å²) in [5, 5.41) is 8.24. The van der Waals surface area contributed by atoms with E-state index in [4.69, 9.17) is 23.9 Å². The van der Waals surface area contributed by atoms with Crippen molar-refractivity contribution >= 4 is 24.7 Å². The van der Waals surface area contributed by atoms with Crippen molar-refractivity contribution in [1.29, 1.82) is 0 Å². The van der Waals surface area contributed by atoms with E-state index in [9.17, 15) is 0 Å². The van der Waals surface area contributed by atoms with Gasteiger partial charge in [0.15, 0.2) is 0 Å². The van der Waals surface area contributed by atoms with Crippen LogP contribution in [0.15, 0.2) is 108 Å². The van der Waals surface area contributed by atoms with Crippen LogP contribution in [0.25, 0.3) is 11.4 Å². The second-order valence-electron chi connectivity index (χ2n) is 12.0. The van der Waals surface area contributed by atoms with Crippen LogP contribution in [0.3, 0.4) is 0 Å². The molecule has 0 amide bonds. The molecule has 0 bridgehead atoms. The third-order valence-corrected chi connectivity index (χ3v) is 8.60. The number of benzene rings is 3. The first-order valence-electron chi connectivity index (χ1n) is 15.6. The molecule has 3 aliphatic carbocycles. The number of hydrogen-bond donors (Lipinski definition) is 1. The van der Waals surface area contributed by atoms with Crippen molar-refractivity contribution in [1.82, 2.24) is 5.32 Å². The average Bonchev–Trinajstić information content (AvgIpc) is 3.61. The fraction of sp³-hybridized carbons (Fsp3) is 0.359. The Balaban J connectivity index is 0.000000216. The van der Waals surface area contributed by atoms with Crippen molar-refractivity contribution in [2.24, 2.45) is 17.8 Å². The number of nitrogens with one attached hydrogen (secondary N) is 1. The standard InChI is InChI=1S/C19H24N.C19H21N.CH3.2ClH.Ti/c2*1-15-12-18-9-5-8-17(19(18)13-15)10-11-20-14-16-6-3-2-4-7-16;;;;/h2-9,15,18-19H,10-14H2,1H3;2-9,12,20H,10-11,13-14H2,1H3;1H3;2*1H;/q-1;;-1;;;+2/p-2. The number of fused-ring (bicyclic) bond motifs is 2. The van der Waals surface area contributed by atoms with Crippen LogP contribution in [0.2, 0.25) is 0 Å². The van der Waals surface area contributed by atoms with E-state index in [0.29, 0.717) is 0 Å². The molecule has 0 saturated heterocycles. The number of nitrogens with zero attached hydrogens (tertiary/aromatic N) is 1. The molecule has 3 aliphatic rings. The van der Waals surface area contributed by atoms with Gasteiger partial charge in [0.1, 0.15) is 0 Å². The van der Waals surface area contributed by atoms with Crippen LogP contribution >= 0.6 is 18.6 Å². The summed E-state index contributed by atoms with van der Waals surface area (Å²) >= 11 is -0.556. The van der Waals surface area contributed by atoms with E-state index >= 15 is 0 Å². The summed E-state index contributed by atoms with van der Waals surface area (Å²) < 4.78 is 0. The molecule has 6 rings (SSSR count). The zero-order valence-corrected chi connectivity index (χ0v) is 29.7. The van der Waals surface area contributed by atoms with Crippen molar-refractivity contribution < 1.29 is 17.0 Å². The Hall–Kier alpha value is -1.91. The van der Waals surface area contributed by atoms with Gasteiger partial charge in [0.2, 0.25) is 0 Å². The molecule has 3 aromatic rings. The molecule has 0 heterocycles. The van der Waals surface area contributed by atoms with Gasteiger partial charge in [0.05, 0.1) is 0 Å². The van der Waals surface area contributed by atoms with Crippen LogP contribution in [-0.2, 0) is 43.0 Å². The van der Waals surface area contributed by atoms with E-state index in [0.717, 1.165) is 63.2 Å². The van der Waals surface area contributed by atoms with Crippen molar-refractivity contribution in [3.8, 4) is 0 Å². The van der Waals surface area contributed by atoms with Gasteiger partial charge in [0.25, 0.3) is 0 Å². The molecule has 0 aliphatic heterocycles. The molecule has 3 aromatic carbocycles. The molecule has 44 heavy (non-hydrogen) atoms. The summed E-state index contributed by atoms with van der Waals surface area (Å²) in [5.41, 5.74) is 10.2. The fourth-order valence-corrected chi connectivity index (χ4v) is 6.57. The summed E-state index contributed by atoms with van der Waals surface area (Å²) in [5.74, 6) is 2.50. The molecule has 0 radical (unpaired) electrons. The van der Waals surface area contributed by atoms with E-state index < -0.39 is 17.0 Å². The Labute approximate surface area is 284 Å². The Bertz CT molecular complexity index is 1340. The molecule has 2 nitrogen and oxygen atoms in total. The minimum absolute atomic E-state index is 0. The van der Waals surface area contributed by atoms with Gasteiger partial charge in [0, 0.05) is 6.54 Å². The molecule has 0 aromatic heterocycles. The van der Waals surface area contributed by atoms with E-state index in [2.05, 4.69) is 122 Å². The predicted molar refractivity (Wildman–Crippen MR) is 189 cm³/mol. The maximum atomic E-state index is 4.89. The second kappa shape index (κ2) is 20.3. The van der Waals surface area contributed by atoms with E-state index in [1.54, 1.807) is 5.57 Å². The average molecular weight is 664 g/mol. The van der Waals surface area contributed by atoms with Crippen LogP contribution in [0, 0.1) is 25.2 Å². The van der Waals surface area contributed by atoms with Crippen LogP contribution in [0.1, 0.15) is 60.9 Å². The summed E-state index contributed by atoms with van der Waals surface area (Å²) in [6.45, 7) is 8.42. The van der Waals surface area contributed by atoms with Gasteiger partial charge in [-0.2, -0.15) is 0 Å². The summed E-state index contributed by atoms with van der Waals surface area (Å²) in [7, 11) is 9.78. The van der Waals surface area contributed by atoms with E-state index in [1.807, 2.05) is 0 Å². The summed E-state index contributed by atoms with van der Waals surface area (Å²) in [4.78, 5) is 0. The number of hydrogen-bond acceptors (Lipinski definition) is 1. The van der Waals surface area contributed by atoms with E-state index in [-0.39, 0.29) is 7.43 Å². The van der Waals surface area contributed by atoms with Crippen molar-refractivity contribution in [3.63, 3.8) is 0 Å². The first kappa shape index (κ1) is 36.6. The third kappa shape index (κ3) is 11.8. The number of rotatable bonds is 10. The fourth-order valence-electron chi connectivity index (χ4n) is 6.57. The SMILES string of the molecule is CC1=Cc2cccc(CCNCc3ccccc3)c2C1.CC1CC2C=CC=C(CC[N-]Cc3ccccc3)C2C1.[CH3-].[Cl][Ti][Cl]. The zero-order valence-electron chi connectivity index (χ0n) is 26.6. The Morgan fingerprint density at radius 3 is 2.32 bits per heavy atom. The van der Waals surface area contributed by atoms with Crippen molar-refractivity contribution in [3.05, 3.63) is 149 Å². The molecule has 0 spiro atoms. The van der Waals surface area contributed by atoms with Crippen molar-refractivity contribution in [2.45, 2.75) is 59.0 Å². The molecule has 3 atom stereocenters. The van der Waals surface area contributed by atoms with Gasteiger partial charge in [-0.3, -0.25) is 0 Å². The van der Waals surface area contributed by atoms with Gasteiger partial charge in [-0.05, 0) is 79.2 Å².